The maximum absolute atomic E-state index is 13.1. The van der Waals surface area contributed by atoms with Crippen molar-refractivity contribution in [2.24, 2.45) is 5.92 Å². The van der Waals surface area contributed by atoms with E-state index in [0.29, 0.717) is 27.8 Å². The molecule has 0 amide bonds. The molecule has 178 valence electrons. The third kappa shape index (κ3) is 5.96. The fraction of sp³-hybridized carbons (Fsp3) is 0.400. The van der Waals surface area contributed by atoms with Crippen LogP contribution in [0, 0.1) is 11.3 Å². The molecule has 0 aromatic heterocycles. The number of benzene rings is 2. The Morgan fingerprint density at radius 2 is 1.76 bits per heavy atom. The van der Waals surface area contributed by atoms with Gasteiger partial charge in [0.25, 0.3) is 10.0 Å². The average Bonchev–Trinajstić information content (AvgIpc) is 2.78. The van der Waals surface area contributed by atoms with Gasteiger partial charge in [0, 0.05) is 29.2 Å². The van der Waals surface area contributed by atoms with Crippen molar-refractivity contribution in [2.45, 2.75) is 43.9 Å². The first-order valence-electron chi connectivity index (χ1n) is 11.1. The summed E-state index contributed by atoms with van der Waals surface area (Å²) in [6.07, 6.45) is 1.77. The maximum atomic E-state index is 13.1. The van der Waals surface area contributed by atoms with Gasteiger partial charge in [-0.1, -0.05) is 51.1 Å². The van der Waals surface area contributed by atoms with Crippen LogP contribution < -0.4 is 10.0 Å². The third-order valence-corrected chi connectivity index (χ3v) is 7.68. The van der Waals surface area contributed by atoms with Crippen LogP contribution >= 0.6 is 11.6 Å². The lowest BCUT2D eigenvalue weighted by Gasteiger charge is -2.31. The molecule has 2 aromatic carbocycles. The molecule has 1 heterocycles. The molecular formula is C25H33ClN4O2S. The Bertz CT molecular complexity index is 1130. The number of halogens is 1. The van der Waals surface area contributed by atoms with Gasteiger partial charge in [-0.2, -0.15) is 0 Å². The summed E-state index contributed by atoms with van der Waals surface area (Å²) in [4.78, 5) is 1.90. The Morgan fingerprint density at radius 3 is 2.33 bits per heavy atom. The lowest BCUT2D eigenvalue weighted by molar-refractivity contribution is 0.431. The highest BCUT2D eigenvalue weighted by molar-refractivity contribution is 7.92. The Hall–Kier alpha value is -2.35. The van der Waals surface area contributed by atoms with Crippen LogP contribution in [0.25, 0.3) is 5.70 Å². The van der Waals surface area contributed by atoms with Crippen LogP contribution in [0.3, 0.4) is 0 Å². The third-order valence-electron chi connectivity index (χ3n) is 6.06. The van der Waals surface area contributed by atoms with Gasteiger partial charge in [0.15, 0.2) is 0 Å². The first-order valence-corrected chi connectivity index (χ1v) is 12.9. The fourth-order valence-electron chi connectivity index (χ4n) is 3.88. The molecule has 6 nitrogen and oxygen atoms in total. The van der Waals surface area contributed by atoms with Crippen LogP contribution in [0.4, 0.5) is 5.69 Å². The van der Waals surface area contributed by atoms with Crippen molar-refractivity contribution in [3.63, 3.8) is 0 Å². The highest BCUT2D eigenvalue weighted by Gasteiger charge is 2.25. The number of hydrogen-bond acceptors (Lipinski definition) is 4. The van der Waals surface area contributed by atoms with Gasteiger partial charge >= 0.3 is 0 Å². The zero-order valence-corrected chi connectivity index (χ0v) is 21.3. The van der Waals surface area contributed by atoms with Gasteiger partial charge in [-0.3, -0.25) is 10.1 Å². The summed E-state index contributed by atoms with van der Waals surface area (Å²) in [6, 6.07) is 11.9. The summed E-state index contributed by atoms with van der Waals surface area (Å²) in [5, 5.41) is 12.4. The van der Waals surface area contributed by atoms with E-state index in [1.54, 1.807) is 42.3 Å². The molecule has 1 aliphatic rings. The van der Waals surface area contributed by atoms with Gasteiger partial charge in [-0.15, -0.1) is 0 Å². The Balaban J connectivity index is 1.87. The number of sulfonamides is 1. The number of anilines is 1. The molecule has 1 fully saturated rings. The Kier molecular flexibility index (Phi) is 7.56. The molecule has 0 atom stereocenters. The molecule has 1 saturated heterocycles. The van der Waals surface area contributed by atoms with Crippen molar-refractivity contribution in [2.75, 3.05) is 24.9 Å². The highest BCUT2D eigenvalue weighted by atomic mass is 35.5. The second kappa shape index (κ2) is 9.87. The van der Waals surface area contributed by atoms with Crippen LogP contribution in [0.15, 0.2) is 53.9 Å². The number of piperidine rings is 1. The number of hydrogen-bond donors (Lipinski definition) is 3. The van der Waals surface area contributed by atoms with E-state index in [-0.39, 0.29) is 16.2 Å². The predicted octanol–water partition coefficient (Wildman–Crippen LogP) is 5.32. The van der Waals surface area contributed by atoms with E-state index in [4.69, 9.17) is 17.0 Å². The summed E-state index contributed by atoms with van der Waals surface area (Å²) < 4.78 is 29.0. The molecule has 3 N–H and O–H groups in total. The van der Waals surface area contributed by atoms with Gasteiger partial charge in [0.05, 0.1) is 10.6 Å². The van der Waals surface area contributed by atoms with E-state index < -0.39 is 10.0 Å². The molecule has 2 aromatic rings. The van der Waals surface area contributed by atoms with Crippen molar-refractivity contribution in [3.05, 3.63) is 65.2 Å². The molecular weight excluding hydrogens is 456 g/mol. The molecule has 0 bridgehead atoms. The molecule has 33 heavy (non-hydrogen) atoms. The maximum Gasteiger partial charge on any atom is 0.261 e. The lowest BCUT2D eigenvalue weighted by atomic mass is 9.87. The van der Waals surface area contributed by atoms with Crippen LogP contribution in [0.5, 0.6) is 0 Å². The number of nitrogens with zero attached hydrogens (tertiary/aromatic N) is 1. The van der Waals surface area contributed by atoms with Crippen molar-refractivity contribution < 1.29 is 8.42 Å². The minimum absolute atomic E-state index is 0.0692. The quantitative estimate of drug-likeness (QED) is 0.379. The lowest BCUT2D eigenvalue weighted by Crippen LogP contribution is -2.38. The second-order valence-electron chi connectivity index (χ2n) is 9.49. The zero-order chi connectivity index (χ0) is 24.4. The standard InChI is InChI=1S/C25H33ClN4O2S/c1-17(30(5)24(27)18-12-14-28-15-13-18)22-16-20(26)8-11-23(22)29-33(31,32)21-9-6-19(7-10-21)25(2,3)4/h6-11,16,18,27-29H,1,12-15H2,2-5H3. The largest absolute Gasteiger partial charge is 0.333 e. The van der Waals surface area contributed by atoms with E-state index in [1.807, 2.05) is 12.1 Å². The minimum Gasteiger partial charge on any atom is -0.333 e. The zero-order valence-electron chi connectivity index (χ0n) is 19.7. The number of amidine groups is 1. The SMILES string of the molecule is C=C(c1cc(Cl)ccc1NS(=O)(=O)c1ccc(C(C)(C)C)cc1)N(C)C(=N)C1CCNCC1. The molecule has 0 aliphatic carbocycles. The van der Waals surface area contributed by atoms with Crippen LogP contribution in [-0.4, -0.2) is 39.3 Å². The van der Waals surface area contributed by atoms with E-state index >= 15 is 0 Å². The first-order chi connectivity index (χ1) is 15.4. The Labute approximate surface area is 202 Å². The van der Waals surface area contributed by atoms with Crippen LogP contribution in [0.2, 0.25) is 5.02 Å². The summed E-state index contributed by atoms with van der Waals surface area (Å²) in [5.74, 6) is 0.599. The van der Waals surface area contributed by atoms with Gasteiger partial charge in [-0.25, -0.2) is 8.42 Å². The summed E-state index contributed by atoms with van der Waals surface area (Å²) in [5.41, 5.74) is 2.41. The predicted molar refractivity (Wildman–Crippen MR) is 138 cm³/mol. The van der Waals surface area contributed by atoms with E-state index in [0.717, 1.165) is 31.5 Å². The molecule has 0 unspecified atom stereocenters. The molecule has 0 radical (unpaired) electrons. The first kappa shape index (κ1) is 25.3. The molecule has 8 heteroatoms. The smallest absolute Gasteiger partial charge is 0.261 e. The van der Waals surface area contributed by atoms with Gasteiger partial charge in [-0.05, 0) is 67.2 Å². The Morgan fingerprint density at radius 1 is 1.15 bits per heavy atom. The molecule has 0 spiro atoms. The summed E-state index contributed by atoms with van der Waals surface area (Å²) in [7, 11) is -2.04. The van der Waals surface area contributed by atoms with Crippen molar-refractivity contribution in [1.29, 1.82) is 5.41 Å². The topological polar surface area (TPSA) is 85.3 Å². The van der Waals surface area contributed by atoms with Gasteiger partial charge in [0.1, 0.15) is 5.84 Å². The highest BCUT2D eigenvalue weighted by Crippen LogP contribution is 2.32. The summed E-state index contributed by atoms with van der Waals surface area (Å²) >= 11 is 6.24. The second-order valence-corrected chi connectivity index (χ2v) is 11.6. The molecule has 3 rings (SSSR count). The van der Waals surface area contributed by atoms with Crippen molar-refractivity contribution in [3.8, 4) is 0 Å². The van der Waals surface area contributed by atoms with Gasteiger partial charge < -0.3 is 10.2 Å². The monoisotopic (exact) mass is 488 g/mol. The number of rotatable bonds is 6. The van der Waals surface area contributed by atoms with Crippen LogP contribution in [0.1, 0.15) is 44.7 Å². The molecule has 1 aliphatic heterocycles. The normalized spacial score (nSPS) is 15.2. The van der Waals surface area contributed by atoms with E-state index in [9.17, 15) is 8.42 Å². The summed E-state index contributed by atoms with van der Waals surface area (Å²) in [6.45, 7) is 12.2. The van der Waals surface area contributed by atoms with E-state index in [2.05, 4.69) is 37.4 Å². The van der Waals surface area contributed by atoms with Gasteiger partial charge in [0.2, 0.25) is 0 Å². The minimum atomic E-state index is -3.83. The van der Waals surface area contributed by atoms with Crippen molar-refractivity contribution in [1.82, 2.24) is 10.2 Å². The van der Waals surface area contributed by atoms with Crippen molar-refractivity contribution >= 4 is 38.8 Å². The molecule has 0 saturated carbocycles. The van der Waals surface area contributed by atoms with E-state index in [1.165, 1.54) is 0 Å². The number of nitrogens with one attached hydrogen (secondary N) is 3. The fourth-order valence-corrected chi connectivity index (χ4v) is 5.13. The average molecular weight is 489 g/mol. The van der Waals surface area contributed by atoms with Crippen LogP contribution in [-0.2, 0) is 15.4 Å².